The Labute approximate surface area is 150 Å². The van der Waals surface area contributed by atoms with E-state index in [1.165, 1.54) is 30.3 Å². The Balaban J connectivity index is 2.28. The fourth-order valence-corrected chi connectivity index (χ4v) is 2.53. The van der Waals surface area contributed by atoms with Gasteiger partial charge in [0.15, 0.2) is 0 Å². The highest BCUT2D eigenvalue weighted by Gasteiger charge is 2.51. The Hall–Kier alpha value is -2.91. The number of rotatable bonds is 4. The van der Waals surface area contributed by atoms with Gasteiger partial charge < -0.3 is 19.1 Å². The van der Waals surface area contributed by atoms with E-state index in [-0.39, 0.29) is 31.1 Å². The largest absolute Gasteiger partial charge is 0.466 e. The quantitative estimate of drug-likeness (QED) is 0.449. The van der Waals surface area contributed by atoms with E-state index in [0.717, 1.165) is 0 Å². The number of ether oxygens (including phenoxy) is 3. The lowest BCUT2D eigenvalue weighted by molar-refractivity contribution is -0.386. The Bertz CT molecular complexity index is 716. The minimum atomic E-state index is -1.59. The van der Waals surface area contributed by atoms with Gasteiger partial charge in [0.25, 0.3) is 5.88 Å². The molecule has 1 amide bonds. The van der Waals surface area contributed by atoms with Crippen molar-refractivity contribution >= 4 is 17.7 Å². The fourth-order valence-electron chi connectivity index (χ4n) is 2.53. The van der Waals surface area contributed by atoms with E-state index in [1.54, 1.807) is 20.8 Å². The van der Waals surface area contributed by atoms with Crippen LogP contribution < -0.4 is 4.74 Å². The third kappa shape index (κ3) is 4.19. The molecule has 1 fully saturated rings. The van der Waals surface area contributed by atoms with Crippen LogP contribution in [-0.2, 0) is 14.3 Å². The van der Waals surface area contributed by atoms with E-state index in [4.69, 9.17) is 14.2 Å². The van der Waals surface area contributed by atoms with Gasteiger partial charge in [-0.2, -0.15) is 0 Å². The van der Waals surface area contributed by atoms with Crippen molar-refractivity contribution in [3.63, 3.8) is 0 Å². The predicted molar refractivity (Wildman–Crippen MR) is 88.7 cm³/mol. The number of pyridine rings is 1. The van der Waals surface area contributed by atoms with Gasteiger partial charge in [-0.25, -0.2) is 14.6 Å². The molecule has 0 spiro atoms. The first kappa shape index (κ1) is 19.4. The number of carbonyl (C=O) groups excluding carboxylic acids is 2. The van der Waals surface area contributed by atoms with E-state index in [1.807, 2.05) is 0 Å². The maximum atomic E-state index is 12.4. The van der Waals surface area contributed by atoms with Crippen LogP contribution in [0.4, 0.5) is 10.5 Å². The number of hydrogen-bond acceptors (Lipinski definition) is 8. The van der Waals surface area contributed by atoms with Gasteiger partial charge in [-0.1, -0.05) is 0 Å². The first-order chi connectivity index (χ1) is 12.1. The van der Waals surface area contributed by atoms with Gasteiger partial charge >= 0.3 is 17.7 Å². The van der Waals surface area contributed by atoms with Crippen molar-refractivity contribution in [2.75, 3.05) is 20.2 Å². The van der Waals surface area contributed by atoms with Gasteiger partial charge in [-0.05, 0) is 26.8 Å². The zero-order chi connectivity index (χ0) is 19.5. The molecule has 1 aliphatic rings. The van der Waals surface area contributed by atoms with E-state index in [2.05, 4.69) is 4.98 Å². The van der Waals surface area contributed by atoms with Crippen LogP contribution in [0.2, 0.25) is 0 Å². The highest BCUT2D eigenvalue weighted by molar-refractivity contribution is 5.82. The number of nitrogens with zero attached hydrogens (tertiary/aromatic N) is 3. The average Bonchev–Trinajstić information content (AvgIpc) is 2.98. The Kier molecular flexibility index (Phi) is 5.33. The molecule has 0 radical (unpaired) electrons. The van der Waals surface area contributed by atoms with Crippen molar-refractivity contribution in [2.24, 2.45) is 0 Å². The van der Waals surface area contributed by atoms with Crippen molar-refractivity contribution in [3.05, 3.63) is 28.4 Å². The predicted octanol–water partition coefficient (Wildman–Crippen LogP) is 1.92. The third-order valence-corrected chi connectivity index (χ3v) is 3.68. The maximum absolute atomic E-state index is 12.4. The Morgan fingerprint density at radius 3 is 2.65 bits per heavy atom. The van der Waals surface area contributed by atoms with Crippen LogP contribution in [0.15, 0.2) is 18.3 Å². The third-order valence-electron chi connectivity index (χ3n) is 3.68. The van der Waals surface area contributed by atoms with Crippen LogP contribution >= 0.6 is 0 Å². The van der Waals surface area contributed by atoms with Crippen molar-refractivity contribution in [1.29, 1.82) is 0 Å². The Morgan fingerprint density at radius 1 is 1.38 bits per heavy atom. The second kappa shape index (κ2) is 7.14. The number of carbonyl (C=O) groups is 2. The van der Waals surface area contributed by atoms with Crippen LogP contribution in [-0.4, -0.2) is 58.3 Å². The summed E-state index contributed by atoms with van der Waals surface area (Å²) in [6.45, 7) is 5.18. The maximum Gasteiger partial charge on any atom is 0.410 e. The zero-order valence-corrected chi connectivity index (χ0v) is 15.1. The molecule has 0 aliphatic carbocycles. The smallest absolute Gasteiger partial charge is 0.410 e. The second-order valence-electron chi connectivity index (χ2n) is 6.82. The second-order valence-corrected chi connectivity index (χ2v) is 6.82. The van der Waals surface area contributed by atoms with Crippen LogP contribution in [0, 0.1) is 10.1 Å². The van der Waals surface area contributed by atoms with Crippen LogP contribution in [0.3, 0.4) is 0 Å². The first-order valence-electron chi connectivity index (χ1n) is 7.93. The number of esters is 1. The van der Waals surface area contributed by atoms with Gasteiger partial charge in [0.2, 0.25) is 5.60 Å². The number of amides is 1. The molecule has 26 heavy (non-hydrogen) atoms. The minimum Gasteiger partial charge on any atom is -0.466 e. The molecule has 1 aromatic heterocycles. The number of hydrogen-bond donors (Lipinski definition) is 0. The van der Waals surface area contributed by atoms with Crippen LogP contribution in [0.25, 0.3) is 0 Å². The zero-order valence-electron chi connectivity index (χ0n) is 15.1. The van der Waals surface area contributed by atoms with E-state index in [0.29, 0.717) is 0 Å². The lowest BCUT2D eigenvalue weighted by Crippen LogP contribution is -2.49. The molecule has 0 saturated carbocycles. The number of nitro groups is 1. The molecule has 1 aliphatic heterocycles. The van der Waals surface area contributed by atoms with Gasteiger partial charge in [-0.3, -0.25) is 10.1 Å². The summed E-state index contributed by atoms with van der Waals surface area (Å²) in [6, 6.07) is 2.60. The summed E-state index contributed by atoms with van der Waals surface area (Å²) in [5, 5.41) is 11.2. The molecule has 2 heterocycles. The minimum absolute atomic E-state index is 0.0899. The lowest BCUT2D eigenvalue weighted by Gasteiger charge is -2.28. The summed E-state index contributed by atoms with van der Waals surface area (Å²) in [5.41, 5.74) is -2.68. The first-order valence-corrected chi connectivity index (χ1v) is 7.93. The van der Waals surface area contributed by atoms with Gasteiger partial charge in [0, 0.05) is 25.2 Å². The number of aromatic nitrogens is 1. The molecule has 2 rings (SSSR count). The average molecular weight is 367 g/mol. The molecule has 1 aromatic rings. The monoisotopic (exact) mass is 367 g/mol. The summed E-state index contributed by atoms with van der Waals surface area (Å²) in [5.74, 6) is -1.06. The fraction of sp³-hybridized carbons (Fsp3) is 0.562. The molecule has 1 unspecified atom stereocenters. The van der Waals surface area contributed by atoms with Gasteiger partial charge in [0.1, 0.15) is 5.60 Å². The highest BCUT2D eigenvalue weighted by atomic mass is 16.6. The van der Waals surface area contributed by atoms with Crippen molar-refractivity contribution in [1.82, 2.24) is 9.88 Å². The van der Waals surface area contributed by atoms with Crippen molar-refractivity contribution < 1.29 is 28.7 Å². The lowest BCUT2D eigenvalue weighted by atomic mass is 10.0. The van der Waals surface area contributed by atoms with E-state index >= 15 is 0 Å². The SMILES string of the molecule is COC(=O)C1(Oc2ncccc2[N+](=O)[O-])CCN(C(=O)OC(C)(C)C)C1. The molecular weight excluding hydrogens is 346 g/mol. The molecule has 10 nitrogen and oxygen atoms in total. The Morgan fingerprint density at radius 2 is 2.08 bits per heavy atom. The summed E-state index contributed by atoms with van der Waals surface area (Å²) >= 11 is 0. The molecule has 1 saturated heterocycles. The van der Waals surface area contributed by atoms with Crippen LogP contribution in [0.5, 0.6) is 5.88 Å². The normalized spacial score (nSPS) is 19.8. The summed E-state index contributed by atoms with van der Waals surface area (Å²) in [4.78, 5) is 40.3. The molecule has 10 heteroatoms. The van der Waals surface area contributed by atoms with Gasteiger partial charge in [0.05, 0.1) is 18.6 Å². The molecule has 0 bridgehead atoms. The standard InChI is InChI=1S/C16H21N3O7/c1-15(2,3)26-14(21)18-9-7-16(10-18,13(20)24-4)25-12-11(19(22)23)6-5-8-17-12/h5-6,8H,7,9-10H2,1-4H3. The number of methoxy groups -OCH3 is 1. The van der Waals surface area contributed by atoms with Crippen LogP contribution in [0.1, 0.15) is 27.2 Å². The molecule has 0 N–H and O–H groups in total. The summed E-state index contributed by atoms with van der Waals surface area (Å²) in [6.07, 6.45) is 0.794. The van der Waals surface area contributed by atoms with E-state index in [9.17, 15) is 19.7 Å². The van der Waals surface area contributed by atoms with Gasteiger partial charge in [-0.15, -0.1) is 0 Å². The summed E-state index contributed by atoms with van der Waals surface area (Å²) < 4.78 is 15.7. The molecule has 1 atom stereocenters. The van der Waals surface area contributed by atoms with Crippen molar-refractivity contribution in [3.8, 4) is 5.88 Å². The molecular formula is C16H21N3O7. The highest BCUT2D eigenvalue weighted by Crippen LogP contribution is 2.33. The molecule has 0 aromatic carbocycles. The molecule has 142 valence electrons. The van der Waals surface area contributed by atoms with Crippen molar-refractivity contribution in [2.45, 2.75) is 38.4 Å². The number of likely N-dealkylation sites (tertiary alicyclic amines) is 1. The topological polar surface area (TPSA) is 121 Å². The summed E-state index contributed by atoms with van der Waals surface area (Å²) in [7, 11) is 1.18. The van der Waals surface area contributed by atoms with E-state index < -0.39 is 28.2 Å².